The summed E-state index contributed by atoms with van der Waals surface area (Å²) in [6, 6.07) is 0. The third-order valence-electron chi connectivity index (χ3n) is 0.547. The van der Waals surface area contributed by atoms with E-state index in [9.17, 15) is 9.90 Å². The van der Waals surface area contributed by atoms with Crippen LogP contribution in [0.3, 0.4) is 0 Å². The van der Waals surface area contributed by atoms with E-state index >= 15 is 0 Å². The van der Waals surface area contributed by atoms with Gasteiger partial charge in [-0.1, -0.05) is 6.08 Å². The molecule has 0 unspecified atom stereocenters. The summed E-state index contributed by atoms with van der Waals surface area (Å²) >= 11 is 0. The van der Waals surface area contributed by atoms with E-state index in [1.54, 1.807) is 0 Å². The summed E-state index contributed by atoms with van der Waals surface area (Å²) in [5, 5.41) is 9.63. The van der Waals surface area contributed by atoms with Gasteiger partial charge in [-0.05, 0) is 6.92 Å². The lowest BCUT2D eigenvalue weighted by atomic mass is 10.4. The zero-order valence-electron chi connectivity index (χ0n) is 3.97. The molecule has 0 aromatic carbocycles. The topological polar surface area (TPSA) is 66.2 Å². The van der Waals surface area contributed by atoms with Gasteiger partial charge in [0.2, 0.25) is 0 Å². The summed E-state index contributed by atoms with van der Waals surface area (Å²) in [4.78, 5) is 9.63. The highest BCUT2D eigenvalue weighted by Crippen LogP contribution is 1.74. The Bertz CT molecular complexity index is 106. The van der Waals surface area contributed by atoms with E-state index in [1.807, 2.05) is 0 Å². The van der Waals surface area contributed by atoms with Gasteiger partial charge in [0.15, 0.2) is 0 Å². The van der Waals surface area contributed by atoms with Gasteiger partial charge in [-0.3, -0.25) is 0 Å². The quantitative estimate of drug-likeness (QED) is 0.412. The molecule has 0 saturated carbocycles. The number of carbonyl (C=O) groups is 1. The first-order valence-corrected chi connectivity index (χ1v) is 1.81. The van der Waals surface area contributed by atoms with Crippen molar-refractivity contribution in [3.8, 4) is 0 Å². The van der Waals surface area contributed by atoms with Crippen LogP contribution in [0.5, 0.6) is 0 Å². The number of rotatable bonds is 1. The monoisotopic (exact) mass is 100 g/mol. The van der Waals surface area contributed by atoms with E-state index in [1.165, 1.54) is 13.0 Å². The Morgan fingerprint density at radius 2 is 2.29 bits per heavy atom. The van der Waals surface area contributed by atoms with Gasteiger partial charge in [0, 0.05) is 0 Å². The first kappa shape index (κ1) is 6.01. The molecule has 0 bridgehead atoms. The molecule has 0 aliphatic heterocycles. The van der Waals surface area contributed by atoms with Crippen molar-refractivity contribution in [2.45, 2.75) is 6.92 Å². The van der Waals surface area contributed by atoms with Crippen LogP contribution in [-0.2, 0) is 4.79 Å². The lowest BCUT2D eigenvalue weighted by molar-refractivity contribution is -0.299. The zero-order valence-corrected chi connectivity index (χ0v) is 3.97. The molecule has 0 radical (unpaired) electrons. The lowest BCUT2D eigenvalue weighted by Gasteiger charge is -1.96. The molecule has 0 rings (SSSR count). The van der Waals surface area contributed by atoms with Crippen LogP contribution in [0.25, 0.3) is 0 Å². The molecule has 0 spiro atoms. The Morgan fingerprint density at radius 1 is 1.86 bits per heavy atom. The van der Waals surface area contributed by atoms with Crippen molar-refractivity contribution in [1.82, 2.24) is 0 Å². The number of carboxylic acids is 1. The average molecular weight is 100 g/mol. The number of carbonyl (C=O) groups excluding carboxylic acids is 1. The molecule has 3 heteroatoms. The first-order valence-electron chi connectivity index (χ1n) is 1.81. The minimum atomic E-state index is -1.32. The van der Waals surface area contributed by atoms with Crippen LogP contribution in [0.1, 0.15) is 6.92 Å². The fraction of sp³-hybridized carbons (Fsp3) is 0.250. The van der Waals surface area contributed by atoms with Crippen molar-refractivity contribution in [2.24, 2.45) is 5.73 Å². The summed E-state index contributed by atoms with van der Waals surface area (Å²) < 4.78 is 0. The highest BCUT2D eigenvalue weighted by Gasteiger charge is 1.81. The van der Waals surface area contributed by atoms with Crippen LogP contribution in [0.15, 0.2) is 11.8 Å². The maximum absolute atomic E-state index is 9.63. The van der Waals surface area contributed by atoms with Gasteiger partial charge in [0.1, 0.15) is 0 Å². The molecular weight excluding hydrogens is 94.0 g/mol. The predicted octanol–water partition coefficient (Wildman–Crippen LogP) is -1.40. The smallest absolute Gasteiger partial charge is 0.0869 e. The molecular formula is C4H6NO2-. The molecule has 0 heterocycles. The van der Waals surface area contributed by atoms with Gasteiger partial charge in [-0.25, -0.2) is 0 Å². The fourth-order valence-electron chi connectivity index (χ4n) is 0.118. The summed E-state index contributed by atoms with van der Waals surface area (Å²) in [6.45, 7) is 1.53. The van der Waals surface area contributed by atoms with Gasteiger partial charge >= 0.3 is 0 Å². The SMILES string of the molecule is C/C=C(\N)C(=O)[O-]. The number of allylic oxidation sites excluding steroid dienone is 1. The van der Waals surface area contributed by atoms with Gasteiger partial charge in [-0.2, -0.15) is 0 Å². The summed E-state index contributed by atoms with van der Waals surface area (Å²) in [5.74, 6) is -1.32. The van der Waals surface area contributed by atoms with Gasteiger partial charge in [0.05, 0.1) is 11.7 Å². The zero-order chi connectivity index (χ0) is 5.86. The Kier molecular flexibility index (Phi) is 1.91. The Labute approximate surface area is 41.4 Å². The Hall–Kier alpha value is -0.990. The summed E-state index contributed by atoms with van der Waals surface area (Å²) in [6.07, 6.45) is 1.27. The van der Waals surface area contributed by atoms with Gasteiger partial charge in [0.25, 0.3) is 0 Å². The number of hydrogen-bond acceptors (Lipinski definition) is 3. The minimum Gasteiger partial charge on any atom is -0.543 e. The molecule has 0 aliphatic rings. The molecule has 40 valence electrons. The second-order valence-electron chi connectivity index (χ2n) is 1.03. The lowest BCUT2D eigenvalue weighted by Crippen LogP contribution is -2.28. The van der Waals surface area contributed by atoms with Crippen molar-refractivity contribution >= 4 is 5.97 Å². The third kappa shape index (κ3) is 1.81. The van der Waals surface area contributed by atoms with E-state index in [0.29, 0.717) is 0 Å². The maximum Gasteiger partial charge on any atom is 0.0869 e. The van der Waals surface area contributed by atoms with Crippen molar-refractivity contribution in [1.29, 1.82) is 0 Å². The first-order chi connectivity index (χ1) is 3.18. The molecule has 0 saturated heterocycles. The second-order valence-corrected chi connectivity index (χ2v) is 1.03. The van der Waals surface area contributed by atoms with Crippen LogP contribution in [-0.4, -0.2) is 5.97 Å². The minimum absolute atomic E-state index is 0.222. The van der Waals surface area contributed by atoms with Crippen LogP contribution in [0, 0.1) is 0 Å². The van der Waals surface area contributed by atoms with E-state index in [0.717, 1.165) is 0 Å². The molecule has 2 N–H and O–H groups in total. The molecule has 0 aromatic heterocycles. The van der Waals surface area contributed by atoms with E-state index in [4.69, 9.17) is 5.73 Å². The maximum atomic E-state index is 9.63. The molecule has 0 aliphatic carbocycles. The molecule has 7 heavy (non-hydrogen) atoms. The Balaban J connectivity index is 3.82. The highest BCUT2D eigenvalue weighted by molar-refractivity contribution is 5.83. The Morgan fingerprint density at radius 3 is 2.29 bits per heavy atom. The molecule has 0 atom stereocenters. The van der Waals surface area contributed by atoms with Gasteiger partial charge in [-0.15, -0.1) is 0 Å². The van der Waals surface area contributed by atoms with Crippen molar-refractivity contribution in [3.05, 3.63) is 11.8 Å². The van der Waals surface area contributed by atoms with Crippen molar-refractivity contribution in [2.75, 3.05) is 0 Å². The van der Waals surface area contributed by atoms with E-state index in [-0.39, 0.29) is 5.70 Å². The molecule has 3 nitrogen and oxygen atoms in total. The van der Waals surface area contributed by atoms with Crippen LogP contribution in [0.2, 0.25) is 0 Å². The molecule has 0 fully saturated rings. The fourth-order valence-corrected chi connectivity index (χ4v) is 0.118. The van der Waals surface area contributed by atoms with Gasteiger partial charge < -0.3 is 15.6 Å². The van der Waals surface area contributed by atoms with Crippen LogP contribution in [0.4, 0.5) is 0 Å². The van der Waals surface area contributed by atoms with Crippen LogP contribution < -0.4 is 10.8 Å². The largest absolute Gasteiger partial charge is 0.543 e. The number of carboxylic acid groups (broad SMARTS) is 1. The molecule has 0 amide bonds. The second kappa shape index (κ2) is 2.23. The normalized spacial score (nSPS) is 11.3. The summed E-state index contributed by atoms with van der Waals surface area (Å²) in [5.41, 5.74) is 4.59. The average Bonchev–Trinajstić information content (AvgIpc) is 1.65. The highest BCUT2D eigenvalue weighted by atomic mass is 16.4. The number of nitrogens with two attached hydrogens (primary N) is 1. The van der Waals surface area contributed by atoms with E-state index < -0.39 is 5.97 Å². The molecule has 0 aromatic rings. The van der Waals surface area contributed by atoms with Crippen LogP contribution >= 0.6 is 0 Å². The van der Waals surface area contributed by atoms with Crippen molar-refractivity contribution in [3.63, 3.8) is 0 Å². The van der Waals surface area contributed by atoms with E-state index in [2.05, 4.69) is 0 Å². The summed E-state index contributed by atoms with van der Waals surface area (Å²) in [7, 11) is 0. The number of aliphatic carboxylic acids is 1. The standard InChI is InChI=1S/C4H7NO2/c1-2-3(5)4(6)7/h2H,5H2,1H3,(H,6,7)/p-1/b3-2-. The predicted molar refractivity (Wildman–Crippen MR) is 23.0 cm³/mol. The number of hydrogen-bond donors (Lipinski definition) is 1. The third-order valence-corrected chi connectivity index (χ3v) is 0.547. The van der Waals surface area contributed by atoms with Crippen molar-refractivity contribution < 1.29 is 9.90 Å².